The Morgan fingerprint density at radius 1 is 1.13 bits per heavy atom. The number of benzene rings is 1. The molecular weight excluding hydrogens is 286 g/mol. The van der Waals surface area contributed by atoms with E-state index in [4.69, 9.17) is 10.7 Å². The van der Waals surface area contributed by atoms with Crippen LogP contribution in [0.5, 0.6) is 0 Å². The second kappa shape index (κ2) is 5.32. The molecule has 4 heteroatoms. The Bertz CT molecular complexity index is 873. The van der Waals surface area contributed by atoms with E-state index in [1.165, 1.54) is 0 Å². The Balaban J connectivity index is 1.73. The van der Waals surface area contributed by atoms with Gasteiger partial charge in [0.15, 0.2) is 5.78 Å². The van der Waals surface area contributed by atoms with E-state index in [9.17, 15) is 4.79 Å². The van der Waals surface area contributed by atoms with Crippen LogP contribution in [0.2, 0.25) is 0 Å². The van der Waals surface area contributed by atoms with Gasteiger partial charge in [0.1, 0.15) is 5.65 Å². The average molecular weight is 305 g/mol. The van der Waals surface area contributed by atoms with Crippen molar-refractivity contribution in [2.24, 2.45) is 5.73 Å². The van der Waals surface area contributed by atoms with E-state index in [1.807, 2.05) is 30.3 Å². The van der Waals surface area contributed by atoms with E-state index in [-0.39, 0.29) is 5.78 Å². The number of ketones is 1. The fraction of sp³-hybridized carbons (Fsp3) is 0.263. The zero-order valence-electron chi connectivity index (χ0n) is 13.1. The molecule has 2 heterocycles. The van der Waals surface area contributed by atoms with Crippen LogP contribution in [0.1, 0.15) is 36.2 Å². The van der Waals surface area contributed by atoms with Gasteiger partial charge in [0.25, 0.3) is 0 Å². The van der Waals surface area contributed by atoms with Crippen LogP contribution in [0.15, 0.2) is 48.7 Å². The highest BCUT2D eigenvalue weighted by atomic mass is 16.1. The van der Waals surface area contributed by atoms with Crippen molar-refractivity contribution >= 4 is 16.8 Å². The quantitative estimate of drug-likeness (QED) is 0.753. The second-order valence-corrected chi connectivity index (χ2v) is 6.35. The Hall–Kier alpha value is -2.46. The lowest BCUT2D eigenvalue weighted by Crippen LogP contribution is -2.37. The first-order valence-electron chi connectivity index (χ1n) is 7.96. The molecule has 0 radical (unpaired) electrons. The molecule has 0 bridgehead atoms. The molecule has 1 aliphatic rings. The van der Waals surface area contributed by atoms with Crippen molar-refractivity contribution in [2.45, 2.75) is 31.8 Å². The molecule has 1 aromatic carbocycles. The number of aromatic nitrogens is 2. The largest absolute Gasteiger partial charge is 0.329 e. The van der Waals surface area contributed by atoms with Crippen LogP contribution in [0, 0.1) is 0 Å². The first-order chi connectivity index (χ1) is 11.1. The summed E-state index contributed by atoms with van der Waals surface area (Å²) in [5, 5.41) is 1.15. The van der Waals surface area contributed by atoms with Crippen LogP contribution in [0.25, 0.3) is 22.3 Å². The molecule has 4 nitrogen and oxygen atoms in total. The first-order valence-corrected chi connectivity index (χ1v) is 7.96. The molecule has 2 aromatic heterocycles. The van der Waals surface area contributed by atoms with Crippen LogP contribution in [-0.4, -0.2) is 21.4 Å². The van der Waals surface area contributed by atoms with Gasteiger partial charge in [-0.05, 0) is 38.0 Å². The lowest BCUT2D eigenvalue weighted by molar-refractivity contribution is 0.101. The third-order valence-corrected chi connectivity index (χ3v) is 4.69. The monoisotopic (exact) mass is 305 g/mol. The van der Waals surface area contributed by atoms with Gasteiger partial charge >= 0.3 is 0 Å². The molecule has 0 amide bonds. The molecule has 0 unspecified atom stereocenters. The summed E-state index contributed by atoms with van der Waals surface area (Å²) in [6, 6.07) is 14.6. The summed E-state index contributed by atoms with van der Waals surface area (Å²) in [4.78, 5) is 16.2. The Morgan fingerprint density at radius 2 is 1.87 bits per heavy atom. The predicted octanol–water partition coefficient (Wildman–Crippen LogP) is 3.57. The number of carbonyl (C=O) groups excluding carboxylic acids is 1. The van der Waals surface area contributed by atoms with Gasteiger partial charge in [-0.1, -0.05) is 24.3 Å². The van der Waals surface area contributed by atoms with Gasteiger partial charge in [-0.15, -0.1) is 0 Å². The lowest BCUT2D eigenvalue weighted by Gasteiger charge is -2.33. The van der Waals surface area contributed by atoms with E-state index >= 15 is 0 Å². The van der Waals surface area contributed by atoms with Crippen molar-refractivity contribution in [1.82, 2.24) is 9.55 Å². The van der Waals surface area contributed by atoms with Gasteiger partial charge in [-0.2, -0.15) is 0 Å². The average Bonchev–Trinajstić information content (AvgIpc) is 2.94. The molecule has 0 saturated heterocycles. The number of Topliss-reactive ketones (excluding diaryl/α,β-unsaturated/α-hetero) is 1. The number of hydrogen-bond donors (Lipinski definition) is 1. The summed E-state index contributed by atoms with van der Waals surface area (Å²) in [6.45, 7) is 1.58. The van der Waals surface area contributed by atoms with Crippen molar-refractivity contribution < 1.29 is 4.79 Å². The van der Waals surface area contributed by atoms with Gasteiger partial charge in [0, 0.05) is 34.8 Å². The maximum absolute atomic E-state index is 11.4. The number of nitrogens with zero attached hydrogens (tertiary/aromatic N) is 2. The molecule has 0 aliphatic heterocycles. The van der Waals surface area contributed by atoms with Gasteiger partial charge < -0.3 is 10.3 Å². The predicted molar refractivity (Wildman–Crippen MR) is 91.4 cm³/mol. The number of carbonyl (C=O) groups is 1. The maximum Gasteiger partial charge on any atom is 0.159 e. The number of fused-ring (bicyclic) bond motifs is 1. The van der Waals surface area contributed by atoms with Crippen LogP contribution in [-0.2, 0) is 0 Å². The molecule has 1 aliphatic carbocycles. The highest BCUT2D eigenvalue weighted by Crippen LogP contribution is 2.34. The SMILES string of the molecule is CC(=O)c1ccc(-c2ccc3ccn([C@H]4C[C@H](N)C4)c3n2)cc1. The topological polar surface area (TPSA) is 60.9 Å². The zero-order valence-corrected chi connectivity index (χ0v) is 13.1. The van der Waals surface area contributed by atoms with Crippen molar-refractivity contribution in [2.75, 3.05) is 0 Å². The highest BCUT2D eigenvalue weighted by molar-refractivity contribution is 5.94. The molecule has 3 aromatic rings. The van der Waals surface area contributed by atoms with Gasteiger partial charge in [0.05, 0.1) is 5.69 Å². The molecular formula is C19H19N3O. The summed E-state index contributed by atoms with van der Waals surface area (Å²) < 4.78 is 2.24. The molecule has 0 spiro atoms. The highest BCUT2D eigenvalue weighted by Gasteiger charge is 2.28. The number of rotatable bonds is 3. The van der Waals surface area contributed by atoms with Crippen LogP contribution in [0.4, 0.5) is 0 Å². The minimum absolute atomic E-state index is 0.0789. The summed E-state index contributed by atoms with van der Waals surface area (Å²) >= 11 is 0. The molecule has 2 N–H and O–H groups in total. The van der Waals surface area contributed by atoms with Crippen LogP contribution >= 0.6 is 0 Å². The van der Waals surface area contributed by atoms with Crippen molar-refractivity contribution in [3.63, 3.8) is 0 Å². The smallest absolute Gasteiger partial charge is 0.159 e. The Labute approximate surface area is 134 Å². The molecule has 23 heavy (non-hydrogen) atoms. The third-order valence-electron chi connectivity index (χ3n) is 4.69. The number of pyridine rings is 1. The van der Waals surface area contributed by atoms with Crippen molar-refractivity contribution in [3.8, 4) is 11.3 Å². The van der Waals surface area contributed by atoms with E-state index in [1.54, 1.807) is 6.92 Å². The molecule has 1 saturated carbocycles. The fourth-order valence-corrected chi connectivity index (χ4v) is 3.22. The Morgan fingerprint density at radius 3 is 2.52 bits per heavy atom. The molecule has 0 atom stereocenters. The number of hydrogen-bond acceptors (Lipinski definition) is 3. The normalized spacial score (nSPS) is 20.4. The summed E-state index contributed by atoms with van der Waals surface area (Å²) in [6.07, 6.45) is 4.14. The van der Waals surface area contributed by atoms with E-state index in [0.717, 1.165) is 40.7 Å². The van der Waals surface area contributed by atoms with Crippen molar-refractivity contribution in [3.05, 3.63) is 54.2 Å². The third kappa shape index (κ3) is 2.45. The van der Waals surface area contributed by atoms with Gasteiger partial charge in [0.2, 0.25) is 0 Å². The van der Waals surface area contributed by atoms with E-state index in [0.29, 0.717) is 12.1 Å². The zero-order chi connectivity index (χ0) is 16.0. The van der Waals surface area contributed by atoms with E-state index < -0.39 is 0 Å². The molecule has 4 rings (SSSR count). The molecule has 116 valence electrons. The fourth-order valence-electron chi connectivity index (χ4n) is 3.22. The van der Waals surface area contributed by atoms with Crippen LogP contribution < -0.4 is 5.73 Å². The minimum atomic E-state index is 0.0789. The lowest BCUT2D eigenvalue weighted by atomic mass is 9.87. The second-order valence-electron chi connectivity index (χ2n) is 6.35. The number of nitrogens with two attached hydrogens (primary N) is 1. The van der Waals surface area contributed by atoms with E-state index in [2.05, 4.69) is 22.9 Å². The first kappa shape index (κ1) is 14.2. The summed E-state index contributed by atoms with van der Waals surface area (Å²) in [5.41, 5.74) is 9.60. The standard InChI is InChI=1S/C19H19N3O/c1-12(23)13-2-4-14(5-3-13)18-7-6-15-8-9-22(19(15)21-18)17-10-16(20)11-17/h2-9,16-17H,10-11,20H2,1H3/t16-,17-. The molecule has 1 fully saturated rings. The van der Waals surface area contributed by atoms with Gasteiger partial charge in [-0.25, -0.2) is 4.98 Å². The van der Waals surface area contributed by atoms with Crippen LogP contribution in [0.3, 0.4) is 0 Å². The minimum Gasteiger partial charge on any atom is -0.329 e. The van der Waals surface area contributed by atoms with Crippen molar-refractivity contribution in [1.29, 1.82) is 0 Å². The maximum atomic E-state index is 11.4. The summed E-state index contributed by atoms with van der Waals surface area (Å²) in [7, 11) is 0. The summed E-state index contributed by atoms with van der Waals surface area (Å²) in [5.74, 6) is 0.0789. The van der Waals surface area contributed by atoms with Gasteiger partial charge in [-0.3, -0.25) is 4.79 Å². The Kier molecular flexibility index (Phi) is 3.27.